The second kappa shape index (κ2) is 4.77. The van der Waals surface area contributed by atoms with Gasteiger partial charge in [0.1, 0.15) is 0 Å². The van der Waals surface area contributed by atoms with E-state index in [4.69, 9.17) is 4.74 Å². The molecule has 1 aliphatic heterocycles. The van der Waals surface area contributed by atoms with E-state index in [1.165, 1.54) is 18.9 Å². The molecule has 0 aromatic rings. The molecule has 3 heteroatoms. The molecule has 1 rings (SSSR count). The molecule has 0 bridgehead atoms. The molecule has 1 heterocycles. The molecule has 1 saturated heterocycles. The summed E-state index contributed by atoms with van der Waals surface area (Å²) in [7, 11) is 1.08. The first-order valence-corrected chi connectivity index (χ1v) is 9.41. The molecule has 0 amide bonds. The summed E-state index contributed by atoms with van der Waals surface area (Å²) in [5, 5.41) is 3.34. The van der Waals surface area contributed by atoms with Gasteiger partial charge in [0.15, 0.2) is 0 Å². The molecular weight excluding hydrogens is 190 g/mol. The van der Waals surface area contributed by atoms with E-state index >= 15 is 0 Å². The molecule has 0 saturated carbocycles. The highest BCUT2D eigenvalue weighted by molar-refractivity contribution is 6.76. The number of ether oxygens (including phenoxy) is 1. The van der Waals surface area contributed by atoms with Gasteiger partial charge in [0.05, 0.1) is 6.61 Å². The van der Waals surface area contributed by atoms with Crippen molar-refractivity contribution in [3.05, 3.63) is 0 Å². The average Bonchev–Trinajstić information content (AvgIpc) is 2.02. The highest BCUT2D eigenvalue weighted by atomic mass is 28.3. The van der Waals surface area contributed by atoms with Crippen LogP contribution in [0.4, 0.5) is 0 Å². The van der Waals surface area contributed by atoms with Crippen LogP contribution < -0.4 is 5.32 Å². The van der Waals surface area contributed by atoms with Crippen LogP contribution in [-0.4, -0.2) is 34.9 Å². The summed E-state index contributed by atoms with van der Waals surface area (Å²) in [4.78, 5) is 0. The van der Waals surface area contributed by atoms with Crippen molar-refractivity contribution in [3.8, 4) is 0 Å². The van der Waals surface area contributed by atoms with Gasteiger partial charge in [0, 0.05) is 26.6 Å². The normalized spacial score (nSPS) is 29.1. The summed E-state index contributed by atoms with van der Waals surface area (Å²) in [5.41, 5.74) is 0.442. The number of hydrogen-bond acceptors (Lipinski definition) is 2. The Kier molecular flexibility index (Phi) is 4.16. The Morgan fingerprint density at radius 3 is 2.50 bits per heavy atom. The van der Waals surface area contributed by atoms with Crippen LogP contribution in [0.25, 0.3) is 0 Å². The van der Waals surface area contributed by atoms with E-state index in [-0.39, 0.29) is 0 Å². The summed E-state index contributed by atoms with van der Waals surface area (Å²) in [6, 6.07) is 1.39. The maximum atomic E-state index is 5.67. The third-order valence-corrected chi connectivity index (χ3v) is 4.67. The zero-order valence-electron chi connectivity index (χ0n) is 10.2. The van der Waals surface area contributed by atoms with Gasteiger partial charge in [0.25, 0.3) is 0 Å². The van der Waals surface area contributed by atoms with Crippen molar-refractivity contribution in [1.29, 1.82) is 0 Å². The molecule has 14 heavy (non-hydrogen) atoms. The monoisotopic (exact) mass is 215 g/mol. The SMILES string of the molecule is CNCC1(C[Si](C)(C)C)CCCOC1. The molecular formula is C11H25NOSi. The zero-order chi connectivity index (χ0) is 10.7. The highest BCUT2D eigenvalue weighted by Gasteiger charge is 2.36. The lowest BCUT2D eigenvalue weighted by molar-refractivity contribution is 0.00338. The van der Waals surface area contributed by atoms with Crippen LogP contribution in [0.2, 0.25) is 25.7 Å². The maximum absolute atomic E-state index is 5.67. The zero-order valence-corrected chi connectivity index (χ0v) is 11.2. The van der Waals surface area contributed by atoms with E-state index in [1.54, 1.807) is 0 Å². The van der Waals surface area contributed by atoms with E-state index in [0.29, 0.717) is 5.41 Å². The summed E-state index contributed by atoms with van der Waals surface area (Å²) < 4.78 is 5.67. The molecule has 1 N–H and O–H groups in total. The van der Waals surface area contributed by atoms with Gasteiger partial charge in [-0.1, -0.05) is 19.6 Å². The van der Waals surface area contributed by atoms with Crippen LogP contribution >= 0.6 is 0 Å². The van der Waals surface area contributed by atoms with Crippen molar-refractivity contribution in [1.82, 2.24) is 5.32 Å². The van der Waals surface area contributed by atoms with E-state index < -0.39 is 8.07 Å². The molecule has 0 aromatic heterocycles. The average molecular weight is 215 g/mol. The quantitative estimate of drug-likeness (QED) is 0.727. The van der Waals surface area contributed by atoms with Gasteiger partial charge in [-0.05, 0) is 25.9 Å². The Balaban J connectivity index is 2.60. The molecule has 0 aliphatic carbocycles. The van der Waals surface area contributed by atoms with Crippen molar-refractivity contribution >= 4 is 8.07 Å². The fraction of sp³-hybridized carbons (Fsp3) is 1.00. The number of nitrogens with one attached hydrogen (secondary N) is 1. The van der Waals surface area contributed by atoms with Gasteiger partial charge in [-0.25, -0.2) is 0 Å². The Morgan fingerprint density at radius 2 is 2.07 bits per heavy atom. The molecule has 0 aromatic carbocycles. The van der Waals surface area contributed by atoms with Crippen molar-refractivity contribution in [2.45, 2.75) is 38.5 Å². The molecule has 2 nitrogen and oxygen atoms in total. The molecule has 1 atom stereocenters. The second-order valence-corrected chi connectivity index (χ2v) is 11.4. The Bertz CT molecular complexity index is 165. The maximum Gasteiger partial charge on any atom is 0.0531 e. The van der Waals surface area contributed by atoms with Gasteiger partial charge >= 0.3 is 0 Å². The van der Waals surface area contributed by atoms with Crippen molar-refractivity contribution < 1.29 is 4.74 Å². The first-order valence-electron chi connectivity index (χ1n) is 5.70. The molecule has 1 aliphatic rings. The molecule has 1 fully saturated rings. The van der Waals surface area contributed by atoms with Crippen molar-refractivity contribution in [2.75, 3.05) is 26.8 Å². The largest absolute Gasteiger partial charge is 0.381 e. The smallest absolute Gasteiger partial charge is 0.0531 e. The predicted octanol–water partition coefficient (Wildman–Crippen LogP) is 2.34. The van der Waals surface area contributed by atoms with Crippen molar-refractivity contribution in [3.63, 3.8) is 0 Å². The Hall–Kier alpha value is 0.137. The first kappa shape index (κ1) is 12.2. The molecule has 0 radical (unpaired) electrons. The summed E-state index contributed by atoms with van der Waals surface area (Å²) in [6.45, 7) is 10.4. The minimum Gasteiger partial charge on any atom is -0.381 e. The first-order chi connectivity index (χ1) is 6.47. The lowest BCUT2D eigenvalue weighted by Gasteiger charge is -2.40. The van der Waals surface area contributed by atoms with Gasteiger partial charge in [0.2, 0.25) is 0 Å². The van der Waals surface area contributed by atoms with Gasteiger partial charge in [-0.2, -0.15) is 0 Å². The predicted molar refractivity (Wildman–Crippen MR) is 64.6 cm³/mol. The minimum absolute atomic E-state index is 0.442. The fourth-order valence-corrected chi connectivity index (χ4v) is 5.41. The number of hydrogen-bond donors (Lipinski definition) is 1. The lowest BCUT2D eigenvalue weighted by atomic mass is 9.84. The molecule has 1 unspecified atom stereocenters. The van der Waals surface area contributed by atoms with Crippen LogP contribution in [0.5, 0.6) is 0 Å². The summed E-state index contributed by atoms with van der Waals surface area (Å²) >= 11 is 0. The van der Waals surface area contributed by atoms with Crippen LogP contribution in [-0.2, 0) is 4.74 Å². The van der Waals surface area contributed by atoms with Crippen LogP contribution in [0.3, 0.4) is 0 Å². The van der Waals surface area contributed by atoms with E-state index in [9.17, 15) is 0 Å². The number of rotatable bonds is 4. The third kappa shape index (κ3) is 3.71. The van der Waals surface area contributed by atoms with Crippen LogP contribution in [0, 0.1) is 5.41 Å². The lowest BCUT2D eigenvalue weighted by Crippen LogP contribution is -2.44. The van der Waals surface area contributed by atoms with E-state index in [2.05, 4.69) is 32.0 Å². The van der Waals surface area contributed by atoms with E-state index in [0.717, 1.165) is 19.8 Å². The topological polar surface area (TPSA) is 21.3 Å². The summed E-state index contributed by atoms with van der Waals surface area (Å²) in [5.74, 6) is 0. The fourth-order valence-electron chi connectivity index (χ4n) is 2.75. The van der Waals surface area contributed by atoms with Crippen LogP contribution in [0.15, 0.2) is 0 Å². The van der Waals surface area contributed by atoms with Gasteiger partial charge < -0.3 is 10.1 Å². The third-order valence-electron chi connectivity index (χ3n) is 2.86. The van der Waals surface area contributed by atoms with Gasteiger partial charge in [-0.15, -0.1) is 0 Å². The minimum atomic E-state index is -0.974. The second-order valence-electron chi connectivity index (χ2n) is 5.92. The molecule has 84 valence electrons. The molecule has 0 spiro atoms. The van der Waals surface area contributed by atoms with Crippen LogP contribution in [0.1, 0.15) is 12.8 Å². The highest BCUT2D eigenvalue weighted by Crippen LogP contribution is 2.36. The van der Waals surface area contributed by atoms with E-state index in [1.807, 2.05) is 0 Å². The van der Waals surface area contributed by atoms with Crippen molar-refractivity contribution in [2.24, 2.45) is 5.41 Å². The Labute approximate surface area is 89.4 Å². The Morgan fingerprint density at radius 1 is 1.36 bits per heavy atom. The van der Waals surface area contributed by atoms with Gasteiger partial charge in [-0.3, -0.25) is 0 Å². The standard InChI is InChI=1S/C11H25NOSi/c1-12-8-11(10-14(2,3)4)6-5-7-13-9-11/h12H,5-10H2,1-4H3. The summed E-state index contributed by atoms with van der Waals surface area (Å²) in [6.07, 6.45) is 2.59.